The molecule has 150 valence electrons. The standard InChI is InChI=1S/C18H25F3N4O2/c1-12(2)22-17(27)23-16(26)13(3)24-7-9-25(10-8-24)15-6-4-5-14(11-15)18(19,20)21/h4-6,11-13H,7-10H2,1-3H3,(H2,22,23,26,27)/t13-/m0/s1. The number of rotatable bonds is 4. The molecule has 1 atom stereocenters. The number of urea groups is 1. The van der Waals surface area contributed by atoms with Gasteiger partial charge in [-0.3, -0.25) is 15.0 Å². The number of nitrogens with zero attached hydrogens (tertiary/aromatic N) is 2. The molecule has 0 saturated carbocycles. The van der Waals surface area contributed by atoms with Crippen molar-refractivity contribution in [3.8, 4) is 0 Å². The van der Waals surface area contributed by atoms with E-state index in [-0.39, 0.29) is 6.04 Å². The lowest BCUT2D eigenvalue weighted by Crippen LogP contribution is -2.55. The topological polar surface area (TPSA) is 64.7 Å². The summed E-state index contributed by atoms with van der Waals surface area (Å²) in [5.41, 5.74) is -0.163. The van der Waals surface area contributed by atoms with Crippen molar-refractivity contribution in [2.75, 3.05) is 31.1 Å². The van der Waals surface area contributed by atoms with Gasteiger partial charge in [-0.25, -0.2) is 4.79 Å². The van der Waals surface area contributed by atoms with E-state index in [0.717, 1.165) is 12.1 Å². The van der Waals surface area contributed by atoms with Crippen molar-refractivity contribution in [2.45, 2.75) is 39.0 Å². The Morgan fingerprint density at radius 2 is 1.70 bits per heavy atom. The lowest BCUT2D eigenvalue weighted by atomic mass is 10.1. The van der Waals surface area contributed by atoms with Crippen LogP contribution in [0.2, 0.25) is 0 Å². The van der Waals surface area contributed by atoms with Crippen LogP contribution in [0.1, 0.15) is 26.3 Å². The zero-order valence-electron chi connectivity index (χ0n) is 15.6. The van der Waals surface area contributed by atoms with E-state index >= 15 is 0 Å². The van der Waals surface area contributed by atoms with E-state index in [4.69, 9.17) is 0 Å². The summed E-state index contributed by atoms with van der Waals surface area (Å²) in [6, 6.07) is 4.11. The number of nitrogens with one attached hydrogen (secondary N) is 2. The average Bonchev–Trinajstić information content (AvgIpc) is 2.60. The normalized spacial score (nSPS) is 16.9. The number of hydrogen-bond acceptors (Lipinski definition) is 4. The van der Waals surface area contributed by atoms with Crippen LogP contribution in [-0.4, -0.2) is 55.1 Å². The summed E-state index contributed by atoms with van der Waals surface area (Å²) in [7, 11) is 0. The van der Waals surface area contributed by atoms with Crippen molar-refractivity contribution in [1.29, 1.82) is 0 Å². The van der Waals surface area contributed by atoms with Gasteiger partial charge in [-0.05, 0) is 39.0 Å². The third-order valence-electron chi connectivity index (χ3n) is 4.44. The van der Waals surface area contributed by atoms with Crippen molar-refractivity contribution in [3.05, 3.63) is 29.8 Å². The van der Waals surface area contributed by atoms with Crippen molar-refractivity contribution >= 4 is 17.6 Å². The number of imide groups is 1. The molecule has 3 amide bonds. The maximum absolute atomic E-state index is 12.9. The van der Waals surface area contributed by atoms with Crippen LogP contribution in [0.15, 0.2) is 24.3 Å². The van der Waals surface area contributed by atoms with E-state index in [1.54, 1.807) is 26.8 Å². The third kappa shape index (κ3) is 5.85. The first kappa shape index (κ1) is 21.0. The largest absolute Gasteiger partial charge is 0.416 e. The zero-order chi connectivity index (χ0) is 20.2. The Bertz CT molecular complexity index is 671. The lowest BCUT2D eigenvalue weighted by Gasteiger charge is -2.38. The van der Waals surface area contributed by atoms with Crippen molar-refractivity contribution in [3.63, 3.8) is 0 Å². The van der Waals surface area contributed by atoms with Gasteiger partial charge in [0.05, 0.1) is 11.6 Å². The second-order valence-corrected chi connectivity index (χ2v) is 6.86. The Balaban J connectivity index is 1.91. The molecule has 1 saturated heterocycles. The van der Waals surface area contributed by atoms with E-state index in [2.05, 4.69) is 10.6 Å². The highest BCUT2D eigenvalue weighted by atomic mass is 19.4. The summed E-state index contributed by atoms with van der Waals surface area (Å²) in [6.07, 6.45) is -4.37. The molecule has 0 bridgehead atoms. The number of piperazine rings is 1. The minimum absolute atomic E-state index is 0.0795. The van der Waals surface area contributed by atoms with Crippen LogP contribution in [0.25, 0.3) is 0 Å². The van der Waals surface area contributed by atoms with Gasteiger partial charge in [0.2, 0.25) is 5.91 Å². The van der Waals surface area contributed by atoms with E-state index < -0.39 is 29.7 Å². The zero-order valence-corrected chi connectivity index (χ0v) is 15.6. The Kier molecular flexibility index (Phi) is 6.69. The molecule has 2 rings (SSSR count). The molecular weight excluding hydrogens is 361 g/mol. The molecule has 1 aromatic carbocycles. The molecule has 0 radical (unpaired) electrons. The minimum atomic E-state index is -4.37. The number of carbonyl (C=O) groups is 2. The number of carbonyl (C=O) groups excluding carboxylic acids is 2. The van der Waals surface area contributed by atoms with Crippen LogP contribution < -0.4 is 15.5 Å². The first-order chi connectivity index (χ1) is 12.6. The van der Waals surface area contributed by atoms with Gasteiger partial charge in [0, 0.05) is 37.9 Å². The van der Waals surface area contributed by atoms with Gasteiger partial charge in [0.25, 0.3) is 0 Å². The highest BCUT2D eigenvalue weighted by Crippen LogP contribution is 2.31. The van der Waals surface area contributed by atoms with Crippen molar-refractivity contribution < 1.29 is 22.8 Å². The van der Waals surface area contributed by atoms with E-state index in [9.17, 15) is 22.8 Å². The number of halogens is 3. The molecule has 6 nitrogen and oxygen atoms in total. The molecule has 1 aliphatic heterocycles. The molecule has 2 N–H and O–H groups in total. The van der Waals surface area contributed by atoms with E-state index in [1.807, 2.05) is 9.80 Å². The SMILES string of the molecule is CC(C)NC(=O)NC(=O)[C@H](C)N1CCN(c2cccc(C(F)(F)F)c2)CC1. The molecule has 0 unspecified atom stereocenters. The molecule has 1 fully saturated rings. The Labute approximate surface area is 156 Å². The van der Waals surface area contributed by atoms with E-state index in [1.165, 1.54) is 6.07 Å². The quantitative estimate of drug-likeness (QED) is 0.834. The van der Waals surface area contributed by atoms with Gasteiger partial charge in [-0.2, -0.15) is 13.2 Å². The fourth-order valence-corrected chi connectivity index (χ4v) is 2.93. The summed E-state index contributed by atoms with van der Waals surface area (Å²) in [5, 5.41) is 4.89. The summed E-state index contributed by atoms with van der Waals surface area (Å²) >= 11 is 0. The van der Waals surface area contributed by atoms with Gasteiger partial charge in [0.15, 0.2) is 0 Å². The fraction of sp³-hybridized carbons (Fsp3) is 0.556. The molecule has 0 spiro atoms. The van der Waals surface area contributed by atoms with Crippen LogP contribution in [0.4, 0.5) is 23.7 Å². The monoisotopic (exact) mass is 386 g/mol. The predicted molar refractivity (Wildman–Crippen MR) is 96.5 cm³/mol. The maximum atomic E-state index is 12.9. The summed E-state index contributed by atoms with van der Waals surface area (Å²) in [4.78, 5) is 27.6. The van der Waals surface area contributed by atoms with Crippen LogP contribution >= 0.6 is 0 Å². The van der Waals surface area contributed by atoms with E-state index in [0.29, 0.717) is 31.9 Å². The number of benzene rings is 1. The molecule has 1 heterocycles. The molecular formula is C18H25F3N4O2. The average molecular weight is 386 g/mol. The fourth-order valence-electron chi connectivity index (χ4n) is 2.93. The van der Waals surface area contributed by atoms with Gasteiger partial charge >= 0.3 is 12.2 Å². The molecule has 0 aromatic heterocycles. The highest BCUT2D eigenvalue weighted by Gasteiger charge is 2.31. The van der Waals surface area contributed by atoms with Crippen LogP contribution in [0, 0.1) is 0 Å². The number of amides is 3. The molecule has 27 heavy (non-hydrogen) atoms. The third-order valence-corrected chi connectivity index (χ3v) is 4.44. The Hall–Kier alpha value is -2.29. The number of anilines is 1. The Morgan fingerprint density at radius 1 is 1.07 bits per heavy atom. The van der Waals surface area contributed by atoms with Gasteiger partial charge < -0.3 is 10.2 Å². The summed E-state index contributed by atoms with van der Waals surface area (Å²) in [5.74, 6) is -0.402. The first-order valence-corrected chi connectivity index (χ1v) is 8.85. The van der Waals surface area contributed by atoms with Crippen molar-refractivity contribution in [2.24, 2.45) is 0 Å². The molecule has 1 aromatic rings. The van der Waals surface area contributed by atoms with Gasteiger partial charge in [0.1, 0.15) is 0 Å². The lowest BCUT2D eigenvalue weighted by molar-refractivity contribution is -0.137. The second-order valence-electron chi connectivity index (χ2n) is 6.86. The maximum Gasteiger partial charge on any atom is 0.416 e. The van der Waals surface area contributed by atoms with Gasteiger partial charge in [-0.1, -0.05) is 6.07 Å². The minimum Gasteiger partial charge on any atom is -0.369 e. The molecule has 1 aliphatic rings. The van der Waals surface area contributed by atoms with Gasteiger partial charge in [-0.15, -0.1) is 0 Å². The van der Waals surface area contributed by atoms with Crippen molar-refractivity contribution in [1.82, 2.24) is 15.5 Å². The van der Waals surface area contributed by atoms with Crippen LogP contribution in [0.3, 0.4) is 0 Å². The molecule has 9 heteroatoms. The second kappa shape index (κ2) is 8.60. The predicted octanol–water partition coefficient (Wildman–Crippen LogP) is 2.45. The number of hydrogen-bond donors (Lipinski definition) is 2. The van der Waals surface area contributed by atoms with Crippen LogP contribution in [-0.2, 0) is 11.0 Å². The van der Waals surface area contributed by atoms with Crippen LogP contribution in [0.5, 0.6) is 0 Å². The molecule has 0 aliphatic carbocycles. The highest BCUT2D eigenvalue weighted by molar-refractivity contribution is 5.96. The Morgan fingerprint density at radius 3 is 2.26 bits per heavy atom. The summed E-state index contributed by atoms with van der Waals surface area (Å²) in [6.45, 7) is 7.31. The smallest absolute Gasteiger partial charge is 0.369 e. The summed E-state index contributed by atoms with van der Waals surface area (Å²) < 4.78 is 38.6. The number of alkyl halides is 3. The first-order valence-electron chi connectivity index (χ1n) is 8.85.